The number of carboxylic acid groups (broad SMARTS) is 1. The van der Waals surface area contributed by atoms with Crippen LogP contribution in [-0.2, 0) is 41.6 Å². The van der Waals surface area contributed by atoms with Gasteiger partial charge in [0, 0.05) is 42.9 Å². The van der Waals surface area contributed by atoms with Crippen LogP contribution >= 0.6 is 0 Å². The van der Waals surface area contributed by atoms with Gasteiger partial charge in [-0.2, -0.15) is 9.97 Å². The van der Waals surface area contributed by atoms with Gasteiger partial charge in [-0.25, -0.2) is 19.9 Å². The topological polar surface area (TPSA) is 398 Å². The van der Waals surface area contributed by atoms with E-state index < -0.39 is 47.7 Å². The van der Waals surface area contributed by atoms with Crippen molar-refractivity contribution >= 4 is 75.9 Å². The predicted octanol–water partition coefficient (Wildman–Crippen LogP) is 0.718. The number of nitrogen functional groups attached to an aromatic ring is 2. The number of nitrogens with two attached hydrogens (primary N) is 2. The number of anilines is 3. The summed E-state index contributed by atoms with van der Waals surface area (Å²) in [5.41, 5.74) is 13.7. The summed E-state index contributed by atoms with van der Waals surface area (Å²) in [6, 6.07) is 5.30. The molecule has 72 heavy (non-hydrogen) atoms. The molecule has 0 saturated carbocycles. The fourth-order valence-corrected chi connectivity index (χ4v) is 7.47. The molecular formula is C46H54N16O10. The number of phenolic OH excluding ortho intramolecular Hbond substituents is 1. The lowest BCUT2D eigenvalue weighted by Gasteiger charge is -2.24. The first-order chi connectivity index (χ1) is 34.4. The van der Waals surface area contributed by atoms with Crippen LogP contribution in [0.25, 0.3) is 22.6 Å². The summed E-state index contributed by atoms with van der Waals surface area (Å²) in [5.74, 6) is -5.61. The number of hydrogen-bond donors (Lipinski definition) is 10. The third-order valence-electron chi connectivity index (χ3n) is 11.4. The summed E-state index contributed by atoms with van der Waals surface area (Å²) in [6.07, 6.45) is 6.43. The van der Waals surface area contributed by atoms with Crippen LogP contribution in [0.2, 0.25) is 0 Å². The summed E-state index contributed by atoms with van der Waals surface area (Å²) in [7, 11) is 0. The number of aromatic hydroxyl groups is 1. The average molecular weight is 991 g/mol. The molecule has 3 unspecified atom stereocenters. The smallest absolute Gasteiger partial charge is 0.326 e. The van der Waals surface area contributed by atoms with E-state index in [-0.39, 0.29) is 107 Å². The molecule has 0 spiro atoms. The molecule has 378 valence electrons. The van der Waals surface area contributed by atoms with Crippen molar-refractivity contribution in [3.8, 4) is 17.1 Å². The highest BCUT2D eigenvalue weighted by Crippen LogP contribution is 2.25. The summed E-state index contributed by atoms with van der Waals surface area (Å²) < 4.78 is 0. The van der Waals surface area contributed by atoms with Crippen LogP contribution in [0.15, 0.2) is 54.7 Å². The van der Waals surface area contributed by atoms with Gasteiger partial charge in [0.15, 0.2) is 22.8 Å². The Balaban J connectivity index is 0.964. The van der Waals surface area contributed by atoms with Crippen LogP contribution < -0.4 is 38.1 Å². The number of carbonyl (C=O) groups is 8. The van der Waals surface area contributed by atoms with Crippen molar-refractivity contribution in [2.45, 2.75) is 90.3 Å². The Labute approximate surface area is 410 Å². The third kappa shape index (κ3) is 13.8. The van der Waals surface area contributed by atoms with Gasteiger partial charge in [0.2, 0.25) is 23.7 Å². The summed E-state index contributed by atoms with van der Waals surface area (Å²) in [4.78, 5) is 119. The molecule has 5 aromatic rings. The first-order valence-electron chi connectivity index (χ1n) is 22.9. The van der Waals surface area contributed by atoms with E-state index in [0.29, 0.717) is 48.9 Å². The Morgan fingerprint density at radius 3 is 2.26 bits per heavy atom. The number of carbonyl (C=O) groups excluding carboxylic acids is 7. The minimum atomic E-state index is -1.37. The summed E-state index contributed by atoms with van der Waals surface area (Å²) in [5, 5.41) is 47.4. The highest BCUT2D eigenvalue weighted by Gasteiger charge is 2.28. The van der Waals surface area contributed by atoms with E-state index in [2.05, 4.69) is 67.1 Å². The lowest BCUT2D eigenvalue weighted by atomic mass is 10.0. The number of nitrogens with one attached hydrogen (secondary N) is 6. The number of H-pyrrole nitrogens is 1. The number of aryl methyl sites for hydroxylation is 2. The molecular weight excluding hydrogens is 937 g/mol. The lowest BCUT2D eigenvalue weighted by Crippen LogP contribution is -2.53. The van der Waals surface area contributed by atoms with Gasteiger partial charge in [-0.05, 0) is 97.7 Å². The fourth-order valence-electron chi connectivity index (χ4n) is 7.47. The molecule has 0 saturated heterocycles. The van der Waals surface area contributed by atoms with Crippen LogP contribution in [0, 0.1) is 5.92 Å². The molecule has 1 aliphatic rings. The number of hydrogen-bond acceptors (Lipinski definition) is 18. The van der Waals surface area contributed by atoms with Crippen LogP contribution in [0.3, 0.4) is 0 Å². The van der Waals surface area contributed by atoms with E-state index in [4.69, 9.17) is 11.5 Å². The van der Waals surface area contributed by atoms with Crippen LogP contribution in [0.5, 0.6) is 5.75 Å². The Hall–Kier alpha value is -8.97. The number of phenols is 1. The lowest BCUT2D eigenvalue weighted by molar-refractivity contribution is -0.139. The van der Waals surface area contributed by atoms with Gasteiger partial charge in [-0.15, -0.1) is 5.10 Å². The predicted molar refractivity (Wildman–Crippen MR) is 257 cm³/mol. The standard InChI is InChI=1S/C46H54N16O10/c1-23(2)36(55-33(64)9-5-4-6-19-62-34(65)16-17-35(62)66)44(70)51-24(3)41(67)53-26-13-15-28(30(21-26)39-58-60-61-59-39)42(68)49-18-7-8-31(45(71)72)54-43(69)29-14-11-25(20-32(29)63)10-12-27-22-50-40-37(52-27)38(47)56-46(48)57-40/h11,13-17,20-24,31,36,63H,4-10,12,18-19H2,1-3H3,(H,49,68)(H,51,70)(H,53,67)(H,54,69)(H,55,64)(H,71,72)(H,58,59,60,61)(H4,47,48,50,56,57). The highest BCUT2D eigenvalue weighted by atomic mass is 16.4. The van der Waals surface area contributed by atoms with E-state index in [1.54, 1.807) is 19.9 Å². The van der Waals surface area contributed by atoms with E-state index in [9.17, 15) is 48.6 Å². The van der Waals surface area contributed by atoms with Crippen LogP contribution in [-0.4, -0.2) is 134 Å². The molecule has 6 rings (SSSR count). The van der Waals surface area contributed by atoms with Crippen molar-refractivity contribution in [2.75, 3.05) is 29.9 Å². The Morgan fingerprint density at radius 2 is 1.57 bits per heavy atom. The van der Waals surface area contributed by atoms with E-state index in [0.717, 1.165) is 4.90 Å². The molecule has 2 aromatic carbocycles. The number of imide groups is 1. The number of aliphatic carboxylic acids is 1. The summed E-state index contributed by atoms with van der Waals surface area (Å²) in [6.45, 7) is 5.18. The molecule has 3 atom stereocenters. The minimum absolute atomic E-state index is 0.0153. The number of rotatable bonds is 24. The maximum Gasteiger partial charge on any atom is 0.326 e. The average Bonchev–Trinajstić information content (AvgIpc) is 3.99. The monoisotopic (exact) mass is 990 g/mol. The van der Waals surface area contributed by atoms with E-state index >= 15 is 0 Å². The quantitative estimate of drug-likeness (QED) is 0.0301. The Kier molecular flexibility index (Phi) is 17.5. The minimum Gasteiger partial charge on any atom is -0.507 e. The second-order valence-corrected chi connectivity index (χ2v) is 17.1. The molecule has 12 N–H and O–H groups in total. The zero-order chi connectivity index (χ0) is 52.1. The van der Waals surface area contributed by atoms with Gasteiger partial charge in [-0.3, -0.25) is 38.5 Å². The van der Waals surface area contributed by atoms with Crippen molar-refractivity contribution in [1.29, 1.82) is 0 Å². The number of unbranched alkanes of at least 4 members (excludes halogenated alkanes) is 2. The number of tetrazole rings is 1. The number of amides is 7. The number of carboxylic acids is 1. The molecule has 26 nitrogen and oxygen atoms in total. The van der Waals surface area contributed by atoms with Crippen LogP contribution in [0.4, 0.5) is 17.5 Å². The van der Waals surface area contributed by atoms with Gasteiger partial charge in [0.05, 0.1) is 23.0 Å². The molecule has 0 bridgehead atoms. The van der Waals surface area contributed by atoms with Crippen molar-refractivity contribution < 1.29 is 48.6 Å². The number of aromatic nitrogens is 8. The van der Waals surface area contributed by atoms with Crippen LogP contribution in [0.1, 0.15) is 91.3 Å². The molecule has 3 aromatic heterocycles. The Bertz CT molecular complexity index is 2870. The first-order valence-corrected chi connectivity index (χ1v) is 22.9. The van der Waals surface area contributed by atoms with Gasteiger partial charge in [0.1, 0.15) is 23.9 Å². The molecule has 26 heteroatoms. The van der Waals surface area contributed by atoms with Gasteiger partial charge in [-0.1, -0.05) is 26.3 Å². The normalized spacial score (nSPS) is 13.4. The number of fused-ring (bicyclic) bond motifs is 1. The van der Waals surface area contributed by atoms with Gasteiger partial charge in [0.25, 0.3) is 23.6 Å². The second-order valence-electron chi connectivity index (χ2n) is 17.1. The number of nitrogens with zero attached hydrogens (tertiary/aromatic N) is 8. The largest absolute Gasteiger partial charge is 0.507 e. The SMILES string of the molecule is CC(NC(=O)C(NC(=O)CCCCCN1C(=O)C=CC1=O)C(C)C)C(=O)Nc1ccc(C(=O)NCCCC(NC(=O)c2ccc(CCc3cnc4nc(N)nc(N)c4n3)cc2O)C(=O)O)c(-c2nnn[nH]2)c1. The van der Waals surface area contributed by atoms with Gasteiger partial charge < -0.3 is 48.3 Å². The number of benzene rings is 2. The zero-order valence-electron chi connectivity index (χ0n) is 39.5. The van der Waals surface area contributed by atoms with Crippen molar-refractivity contribution in [3.63, 3.8) is 0 Å². The first kappa shape index (κ1) is 52.4. The molecule has 0 fully saturated rings. The molecule has 4 heterocycles. The molecule has 0 radical (unpaired) electrons. The maximum atomic E-state index is 13.5. The zero-order valence-corrected chi connectivity index (χ0v) is 39.5. The van der Waals surface area contributed by atoms with Gasteiger partial charge >= 0.3 is 5.97 Å². The maximum absolute atomic E-state index is 13.5. The molecule has 1 aliphatic heterocycles. The van der Waals surface area contributed by atoms with Crippen molar-refractivity contribution in [1.82, 2.24) is 66.7 Å². The highest BCUT2D eigenvalue weighted by molar-refractivity contribution is 6.13. The van der Waals surface area contributed by atoms with Crippen molar-refractivity contribution in [2.24, 2.45) is 5.92 Å². The summed E-state index contributed by atoms with van der Waals surface area (Å²) >= 11 is 0. The third-order valence-corrected chi connectivity index (χ3v) is 11.4. The van der Waals surface area contributed by atoms with E-state index in [1.165, 1.54) is 55.6 Å². The molecule has 0 aliphatic carbocycles. The fraction of sp³-hybridized carbons (Fsp3) is 0.370. The van der Waals surface area contributed by atoms with Crippen molar-refractivity contribution in [3.05, 3.63) is 77.1 Å². The Morgan fingerprint density at radius 1 is 0.819 bits per heavy atom. The molecule has 7 amide bonds. The second kappa shape index (κ2) is 24.0. The van der Waals surface area contributed by atoms with E-state index in [1.807, 2.05) is 0 Å². The number of aromatic amines is 1.